The number of amides is 2. The van der Waals surface area contributed by atoms with Crippen molar-refractivity contribution in [3.63, 3.8) is 0 Å². The molecule has 0 radical (unpaired) electrons. The lowest BCUT2D eigenvalue weighted by molar-refractivity contribution is -0.147. The van der Waals surface area contributed by atoms with Gasteiger partial charge in [-0.3, -0.25) is 19.6 Å². The minimum Gasteiger partial charge on any atom is -0.479 e. The molecular weight excluding hydrogens is 520 g/mol. The van der Waals surface area contributed by atoms with Crippen LogP contribution in [-0.2, 0) is 9.59 Å². The molecule has 0 aliphatic heterocycles. The monoisotopic (exact) mass is 548 g/mol. The van der Waals surface area contributed by atoms with E-state index in [1.165, 1.54) is 12.4 Å². The van der Waals surface area contributed by atoms with Crippen molar-refractivity contribution in [2.24, 2.45) is 11.5 Å². The van der Waals surface area contributed by atoms with E-state index in [9.17, 15) is 19.2 Å². The number of pyridine rings is 2. The van der Waals surface area contributed by atoms with Gasteiger partial charge in [-0.1, -0.05) is 60.7 Å². The molecule has 12 nitrogen and oxygen atoms in total. The van der Waals surface area contributed by atoms with E-state index in [0.717, 1.165) is 0 Å². The fourth-order valence-corrected chi connectivity index (χ4v) is 2.57. The lowest BCUT2D eigenvalue weighted by atomic mass is 10.1. The van der Waals surface area contributed by atoms with Crippen molar-refractivity contribution in [1.82, 2.24) is 9.97 Å². The Labute approximate surface area is 229 Å². The second kappa shape index (κ2) is 17.9. The maximum absolute atomic E-state index is 10.4. The van der Waals surface area contributed by atoms with Gasteiger partial charge in [-0.2, -0.15) is 0 Å². The van der Waals surface area contributed by atoms with E-state index in [2.05, 4.69) is 9.97 Å². The summed E-state index contributed by atoms with van der Waals surface area (Å²) in [6.07, 6.45) is 3.23. The number of nitrogens with zero attached hydrogens (tertiary/aromatic N) is 2. The fourth-order valence-electron chi connectivity index (χ4n) is 2.57. The average molecular weight is 549 g/mol. The number of benzene rings is 2. The predicted octanol–water partition coefficient (Wildman–Crippen LogP) is 1.97. The van der Waals surface area contributed by atoms with Crippen LogP contribution in [0.25, 0.3) is 0 Å². The van der Waals surface area contributed by atoms with E-state index < -0.39 is 36.0 Å². The number of aliphatic hydroxyl groups excluding tert-OH is 2. The number of aliphatic hydroxyl groups is 2. The van der Waals surface area contributed by atoms with E-state index in [-0.39, 0.29) is 0 Å². The molecule has 4 aromatic rings. The second-order valence-electron chi connectivity index (χ2n) is 7.51. The van der Waals surface area contributed by atoms with Gasteiger partial charge in [0, 0.05) is 24.8 Å². The number of primary amides is 2. The van der Waals surface area contributed by atoms with Gasteiger partial charge in [-0.05, 0) is 35.4 Å². The number of aliphatic carboxylic acids is 2. The molecule has 0 aliphatic carbocycles. The topological polar surface area (TPSA) is 227 Å². The molecule has 0 aliphatic rings. The van der Waals surface area contributed by atoms with Gasteiger partial charge in [-0.15, -0.1) is 0 Å². The summed E-state index contributed by atoms with van der Waals surface area (Å²) in [4.78, 5) is 48.7. The van der Waals surface area contributed by atoms with Gasteiger partial charge in [0.1, 0.15) is 0 Å². The molecule has 4 rings (SSSR count). The van der Waals surface area contributed by atoms with Gasteiger partial charge in [0.25, 0.3) is 0 Å². The van der Waals surface area contributed by atoms with Crippen LogP contribution in [0.5, 0.6) is 0 Å². The SMILES string of the molecule is NC(=O)c1cccnc1.NC(=O)c1cccnc1.O=C(O)[C@H](O)c1ccccc1.O=C(O)[C@H](O)c1ccccc1. The summed E-state index contributed by atoms with van der Waals surface area (Å²) in [7, 11) is 0. The third-order valence-corrected chi connectivity index (χ3v) is 4.59. The lowest BCUT2D eigenvalue weighted by Crippen LogP contribution is -2.10. The minimum atomic E-state index is -1.41. The van der Waals surface area contributed by atoms with Crippen molar-refractivity contribution < 1.29 is 39.6 Å². The molecule has 208 valence electrons. The molecule has 2 heterocycles. The standard InChI is InChI=1S/2C8H8O3.2C6H6N2O/c2*9-7(8(10)11)6-4-2-1-3-5-6;2*7-6(9)5-2-1-3-8-4-5/h2*1-5,7,9H,(H,10,11);2*1-4H,(H2,7,9)/t2*7-;;/m11../s1. The number of aromatic nitrogens is 2. The predicted molar refractivity (Wildman–Crippen MR) is 144 cm³/mol. The molecule has 0 spiro atoms. The van der Waals surface area contributed by atoms with E-state index in [4.69, 9.17) is 31.9 Å². The van der Waals surface area contributed by atoms with Crippen molar-refractivity contribution in [1.29, 1.82) is 0 Å². The quantitative estimate of drug-likeness (QED) is 0.205. The Bertz CT molecular complexity index is 1220. The average Bonchev–Trinajstić information content (AvgIpc) is 2.99. The maximum Gasteiger partial charge on any atom is 0.337 e. The highest BCUT2D eigenvalue weighted by Crippen LogP contribution is 2.11. The Morgan fingerprint density at radius 1 is 0.550 bits per heavy atom. The first-order chi connectivity index (χ1) is 19.0. The van der Waals surface area contributed by atoms with Crippen LogP contribution < -0.4 is 11.5 Å². The molecule has 2 atom stereocenters. The Hall–Kier alpha value is -5.46. The van der Waals surface area contributed by atoms with E-state index in [0.29, 0.717) is 22.3 Å². The molecular formula is C28H28N4O8. The zero-order valence-corrected chi connectivity index (χ0v) is 21.0. The Morgan fingerprint density at radius 2 is 0.875 bits per heavy atom. The van der Waals surface area contributed by atoms with Gasteiger partial charge in [0.15, 0.2) is 12.2 Å². The van der Waals surface area contributed by atoms with Crippen LogP contribution in [0.4, 0.5) is 0 Å². The number of nitrogens with two attached hydrogens (primary N) is 2. The highest BCUT2D eigenvalue weighted by atomic mass is 16.4. The maximum atomic E-state index is 10.4. The zero-order valence-electron chi connectivity index (χ0n) is 21.0. The van der Waals surface area contributed by atoms with Gasteiger partial charge in [-0.25, -0.2) is 9.59 Å². The molecule has 0 fully saturated rings. The van der Waals surface area contributed by atoms with E-state index >= 15 is 0 Å². The van der Waals surface area contributed by atoms with Crippen LogP contribution in [0.2, 0.25) is 0 Å². The summed E-state index contributed by atoms with van der Waals surface area (Å²) < 4.78 is 0. The first-order valence-corrected chi connectivity index (χ1v) is 11.4. The van der Waals surface area contributed by atoms with Crippen LogP contribution in [0, 0.1) is 0 Å². The van der Waals surface area contributed by atoms with Crippen molar-refractivity contribution in [3.8, 4) is 0 Å². The van der Waals surface area contributed by atoms with Crippen LogP contribution in [0.1, 0.15) is 44.1 Å². The Kier molecular flexibility index (Phi) is 14.6. The Balaban J connectivity index is 0.000000268. The molecule has 12 heteroatoms. The molecule has 40 heavy (non-hydrogen) atoms. The molecule has 0 bridgehead atoms. The molecule has 2 amide bonds. The highest BCUT2D eigenvalue weighted by Gasteiger charge is 2.14. The molecule has 0 unspecified atom stereocenters. The number of hydrogen-bond acceptors (Lipinski definition) is 8. The number of carbonyl (C=O) groups is 4. The normalized spacial score (nSPS) is 10.8. The third kappa shape index (κ3) is 12.7. The number of carbonyl (C=O) groups excluding carboxylic acids is 2. The van der Waals surface area contributed by atoms with Crippen LogP contribution in [0.3, 0.4) is 0 Å². The third-order valence-electron chi connectivity index (χ3n) is 4.59. The van der Waals surface area contributed by atoms with Crippen molar-refractivity contribution in [2.45, 2.75) is 12.2 Å². The smallest absolute Gasteiger partial charge is 0.337 e. The highest BCUT2D eigenvalue weighted by molar-refractivity contribution is 5.92. The summed E-state index contributed by atoms with van der Waals surface area (Å²) in [6.45, 7) is 0. The van der Waals surface area contributed by atoms with Crippen molar-refractivity contribution in [3.05, 3.63) is 132 Å². The summed E-state index contributed by atoms with van der Waals surface area (Å²) >= 11 is 0. The van der Waals surface area contributed by atoms with Crippen LogP contribution >= 0.6 is 0 Å². The largest absolute Gasteiger partial charge is 0.479 e. The number of carboxylic acid groups (broad SMARTS) is 2. The zero-order chi connectivity index (χ0) is 29.9. The minimum absolute atomic E-state index is 0.403. The van der Waals surface area contributed by atoms with Gasteiger partial charge < -0.3 is 31.9 Å². The Morgan fingerprint density at radius 3 is 1.07 bits per heavy atom. The molecule has 8 N–H and O–H groups in total. The summed E-state index contributed by atoms with van der Waals surface area (Å²) in [5.74, 6) is -3.33. The second-order valence-corrected chi connectivity index (χ2v) is 7.51. The summed E-state index contributed by atoms with van der Waals surface area (Å²) in [5, 5.41) is 34.8. The number of hydrogen-bond donors (Lipinski definition) is 6. The molecule has 0 saturated carbocycles. The van der Waals surface area contributed by atoms with E-state index in [1.54, 1.807) is 97.3 Å². The lowest BCUT2D eigenvalue weighted by Gasteiger charge is -2.03. The first kappa shape index (κ1) is 32.6. The number of carboxylic acids is 2. The molecule has 0 saturated heterocycles. The summed E-state index contributed by atoms with van der Waals surface area (Å²) in [6, 6.07) is 23.1. The van der Waals surface area contributed by atoms with Crippen molar-refractivity contribution >= 4 is 23.8 Å². The summed E-state index contributed by atoms with van der Waals surface area (Å²) in [5.41, 5.74) is 11.6. The van der Waals surface area contributed by atoms with Gasteiger partial charge in [0.2, 0.25) is 11.8 Å². The fraction of sp³-hybridized carbons (Fsp3) is 0.0714. The van der Waals surface area contributed by atoms with Crippen LogP contribution in [-0.4, -0.2) is 54.1 Å². The van der Waals surface area contributed by atoms with Crippen LogP contribution in [0.15, 0.2) is 110 Å². The number of rotatable bonds is 6. The van der Waals surface area contributed by atoms with Crippen molar-refractivity contribution in [2.75, 3.05) is 0 Å². The van der Waals surface area contributed by atoms with Gasteiger partial charge in [0.05, 0.1) is 11.1 Å². The van der Waals surface area contributed by atoms with E-state index in [1.807, 2.05) is 0 Å². The first-order valence-electron chi connectivity index (χ1n) is 11.4. The molecule has 2 aromatic heterocycles. The van der Waals surface area contributed by atoms with Gasteiger partial charge >= 0.3 is 11.9 Å². The molecule has 2 aromatic carbocycles.